The van der Waals surface area contributed by atoms with Crippen LogP contribution in [0.1, 0.15) is 5.56 Å². The van der Waals surface area contributed by atoms with Crippen molar-refractivity contribution in [1.82, 2.24) is 0 Å². The minimum absolute atomic E-state index is 1.32. The van der Waals surface area contributed by atoms with Crippen LogP contribution in [0, 0.1) is 6.92 Å². The molecule has 0 atom stereocenters. The molecule has 0 spiro atoms. The number of rotatable bonds is 8. The van der Waals surface area contributed by atoms with Gasteiger partial charge in [-0.25, -0.2) is 0 Å². The molecule has 45 heavy (non-hydrogen) atoms. The van der Waals surface area contributed by atoms with Crippen LogP contribution in [0.5, 0.6) is 0 Å². The van der Waals surface area contributed by atoms with Gasteiger partial charge in [0.15, 0.2) is 0 Å². The molecule has 0 saturated heterocycles. The maximum absolute atomic E-state index is 3.49. The Hall–Kier alpha value is -4.37. The molecular weight excluding hydrogens is 662 g/mol. The zero-order chi connectivity index (χ0) is 30.5. The molecule has 0 radical (unpaired) electrons. The second-order valence-electron chi connectivity index (χ2n) is 11.8. The van der Waals surface area contributed by atoms with Crippen LogP contribution in [-0.2, 0) is 0 Å². The van der Waals surface area contributed by atoms with Crippen LogP contribution < -0.4 is 35.2 Å². The summed E-state index contributed by atoms with van der Waals surface area (Å²) in [5.41, 5.74) is 1.32. The summed E-state index contributed by atoms with van der Waals surface area (Å²) in [5.74, 6) is 0. The van der Waals surface area contributed by atoms with Crippen molar-refractivity contribution in [3.05, 3.63) is 206 Å². The van der Waals surface area contributed by atoms with Crippen molar-refractivity contribution in [3.8, 4) is 0 Å². The first kappa shape index (κ1) is 29.3. The monoisotopic (exact) mass is 700 g/mol. The van der Waals surface area contributed by atoms with Crippen molar-refractivity contribution in [2.75, 3.05) is 0 Å². The van der Waals surface area contributed by atoms with E-state index >= 15 is 0 Å². The Morgan fingerprint density at radius 1 is 0.244 bits per heavy atom. The standard InChI is InChI=1S/C43H36Ge2/c1-35-32-42(44(36-20-8-2-9-21-36,37-22-10-3-11-23-37)38-24-12-4-13-25-38)34-43(33-35)45(39-26-14-5-15-27-39,40-28-16-6-17-29-40)41-30-18-7-19-31-41/h2-34H,1H3. The summed E-state index contributed by atoms with van der Waals surface area (Å²) in [6.07, 6.45) is 0. The van der Waals surface area contributed by atoms with E-state index in [4.69, 9.17) is 0 Å². The van der Waals surface area contributed by atoms with E-state index in [1.165, 1.54) is 40.7 Å². The van der Waals surface area contributed by atoms with Gasteiger partial charge in [0.05, 0.1) is 0 Å². The van der Waals surface area contributed by atoms with E-state index in [2.05, 4.69) is 207 Å². The number of benzene rings is 7. The second-order valence-corrected chi connectivity index (χ2v) is 27.8. The van der Waals surface area contributed by atoms with Gasteiger partial charge in [-0.05, 0) is 0 Å². The van der Waals surface area contributed by atoms with Crippen LogP contribution in [0.2, 0.25) is 0 Å². The van der Waals surface area contributed by atoms with Gasteiger partial charge in [-0.2, -0.15) is 0 Å². The quantitative estimate of drug-likeness (QED) is 0.201. The molecule has 7 aromatic carbocycles. The van der Waals surface area contributed by atoms with Gasteiger partial charge in [0.1, 0.15) is 0 Å². The molecule has 7 rings (SSSR count). The van der Waals surface area contributed by atoms with Gasteiger partial charge < -0.3 is 0 Å². The van der Waals surface area contributed by atoms with Crippen LogP contribution in [0.25, 0.3) is 0 Å². The molecule has 0 N–H and O–H groups in total. The summed E-state index contributed by atoms with van der Waals surface area (Å²) < 4.78 is 11.6. The molecule has 0 amide bonds. The first-order chi connectivity index (χ1) is 22.2. The predicted octanol–water partition coefficient (Wildman–Crippen LogP) is 4.75. The third kappa shape index (κ3) is 5.22. The summed E-state index contributed by atoms with van der Waals surface area (Å²) in [4.78, 5) is 0. The molecule has 0 aliphatic heterocycles. The van der Waals surface area contributed by atoms with Gasteiger partial charge in [-0.3, -0.25) is 0 Å². The zero-order valence-electron chi connectivity index (χ0n) is 25.6. The molecule has 0 saturated carbocycles. The molecule has 0 aliphatic rings. The van der Waals surface area contributed by atoms with Gasteiger partial charge in [-0.15, -0.1) is 0 Å². The first-order valence-electron chi connectivity index (χ1n) is 15.7. The van der Waals surface area contributed by atoms with E-state index < -0.39 is 26.5 Å². The topological polar surface area (TPSA) is 0 Å². The Balaban J connectivity index is 1.64. The molecule has 0 nitrogen and oxygen atoms in total. The minimum atomic E-state index is -3.49. The van der Waals surface area contributed by atoms with E-state index in [-0.39, 0.29) is 0 Å². The molecule has 216 valence electrons. The Morgan fingerprint density at radius 3 is 0.644 bits per heavy atom. The van der Waals surface area contributed by atoms with E-state index in [9.17, 15) is 0 Å². The molecule has 0 heterocycles. The number of hydrogen-bond donors (Lipinski definition) is 0. The second kappa shape index (κ2) is 12.9. The van der Waals surface area contributed by atoms with Crippen molar-refractivity contribution in [2.24, 2.45) is 0 Å². The fraction of sp³-hybridized carbons (Fsp3) is 0.0233. The van der Waals surface area contributed by atoms with Crippen molar-refractivity contribution in [1.29, 1.82) is 0 Å². The molecule has 7 aromatic rings. The Morgan fingerprint density at radius 2 is 0.444 bits per heavy atom. The Bertz CT molecular complexity index is 1640. The van der Waals surface area contributed by atoms with Crippen LogP contribution >= 0.6 is 0 Å². The van der Waals surface area contributed by atoms with E-state index in [1.807, 2.05) is 0 Å². The third-order valence-electron chi connectivity index (χ3n) is 9.18. The van der Waals surface area contributed by atoms with Crippen molar-refractivity contribution >= 4 is 61.7 Å². The van der Waals surface area contributed by atoms with Gasteiger partial charge in [0.2, 0.25) is 0 Å². The predicted molar refractivity (Wildman–Crippen MR) is 198 cm³/mol. The number of aryl methyl sites for hydroxylation is 1. The molecule has 2 heteroatoms. The fourth-order valence-electron chi connectivity index (χ4n) is 7.35. The van der Waals surface area contributed by atoms with E-state index in [0.717, 1.165) is 0 Å². The van der Waals surface area contributed by atoms with Gasteiger partial charge in [0, 0.05) is 0 Å². The molecular formula is C43H36Ge2. The zero-order valence-corrected chi connectivity index (χ0v) is 29.7. The van der Waals surface area contributed by atoms with Gasteiger partial charge >= 0.3 is 274 Å². The fourth-order valence-corrected chi connectivity index (χ4v) is 28.5. The summed E-state index contributed by atoms with van der Waals surface area (Å²) in [5, 5.41) is 0. The van der Waals surface area contributed by atoms with Gasteiger partial charge in [0.25, 0.3) is 0 Å². The van der Waals surface area contributed by atoms with Crippen LogP contribution in [0.15, 0.2) is 200 Å². The van der Waals surface area contributed by atoms with Crippen LogP contribution in [0.4, 0.5) is 0 Å². The molecule has 0 aliphatic carbocycles. The summed E-state index contributed by atoms with van der Waals surface area (Å²) in [6.45, 7) is 2.30. The normalized spacial score (nSPS) is 11.7. The summed E-state index contributed by atoms with van der Waals surface area (Å²) in [6, 6.07) is 75.7. The third-order valence-corrected chi connectivity index (χ3v) is 29.1. The maximum atomic E-state index is 2.65. The van der Waals surface area contributed by atoms with Crippen LogP contribution in [0.3, 0.4) is 0 Å². The number of hydrogen-bond acceptors (Lipinski definition) is 0. The Kier molecular flexibility index (Phi) is 8.43. The van der Waals surface area contributed by atoms with Gasteiger partial charge in [-0.1, -0.05) is 0 Å². The average Bonchev–Trinajstić information content (AvgIpc) is 3.12. The molecule has 0 bridgehead atoms. The first-order valence-corrected chi connectivity index (χ1v) is 24.1. The van der Waals surface area contributed by atoms with Crippen molar-refractivity contribution in [2.45, 2.75) is 6.92 Å². The molecule has 0 aromatic heterocycles. The Labute approximate surface area is 272 Å². The van der Waals surface area contributed by atoms with E-state index in [0.29, 0.717) is 0 Å². The van der Waals surface area contributed by atoms with Crippen LogP contribution in [-0.4, -0.2) is 26.5 Å². The average molecular weight is 698 g/mol. The molecule has 0 unspecified atom stereocenters. The van der Waals surface area contributed by atoms with Crippen molar-refractivity contribution < 1.29 is 0 Å². The summed E-state index contributed by atoms with van der Waals surface area (Å²) >= 11 is -6.97. The van der Waals surface area contributed by atoms with E-state index in [1.54, 1.807) is 0 Å². The molecule has 0 fully saturated rings. The summed E-state index contributed by atoms with van der Waals surface area (Å²) in [7, 11) is 0. The van der Waals surface area contributed by atoms with Crippen molar-refractivity contribution in [3.63, 3.8) is 0 Å². The SMILES string of the molecule is Cc1c[c]([Ge]([c]2ccccc2)([c]2ccccc2)[c]2ccccc2)c[c]([Ge]([c]2ccccc2)([c]2ccccc2)[c]2ccccc2)c1.